The van der Waals surface area contributed by atoms with Crippen LogP contribution in [-0.2, 0) is 20.3 Å². The van der Waals surface area contributed by atoms with Crippen molar-refractivity contribution in [2.45, 2.75) is 30.8 Å². The number of carbonyl (C=O) groups excluding carboxylic acids is 1. The molecule has 0 radical (unpaired) electrons. The molecule has 0 aromatic heterocycles. The first-order chi connectivity index (χ1) is 7.60. The van der Waals surface area contributed by atoms with E-state index in [1.807, 2.05) is 0 Å². The Kier molecular flexibility index (Phi) is 3.61. The van der Waals surface area contributed by atoms with Gasteiger partial charge in [-0.3, -0.25) is 9.00 Å². The molecule has 2 aliphatic heterocycles. The molecular formula is C10H18N2O3S. The van der Waals surface area contributed by atoms with Crippen molar-refractivity contribution in [3.63, 3.8) is 0 Å². The average Bonchev–Trinajstić information content (AvgIpc) is 2.70. The lowest BCUT2D eigenvalue weighted by Gasteiger charge is -2.27. The second kappa shape index (κ2) is 4.81. The quantitative estimate of drug-likeness (QED) is 0.664. The molecule has 1 amide bonds. The first-order valence-electron chi connectivity index (χ1n) is 5.63. The SMILES string of the molecule is NC1(C(=O)NC2CCS(=O)CC2)CCOC1. The lowest BCUT2D eigenvalue weighted by molar-refractivity contribution is -0.127. The molecule has 3 N–H and O–H groups in total. The van der Waals surface area contributed by atoms with E-state index in [4.69, 9.17) is 10.5 Å². The van der Waals surface area contributed by atoms with Crippen molar-refractivity contribution >= 4 is 16.7 Å². The van der Waals surface area contributed by atoms with E-state index >= 15 is 0 Å². The van der Waals surface area contributed by atoms with Gasteiger partial charge in [0.1, 0.15) is 5.54 Å². The number of hydrogen-bond acceptors (Lipinski definition) is 4. The van der Waals surface area contributed by atoms with Crippen LogP contribution >= 0.6 is 0 Å². The highest BCUT2D eigenvalue weighted by molar-refractivity contribution is 7.85. The minimum atomic E-state index is -0.851. The van der Waals surface area contributed by atoms with Crippen LogP contribution in [0.1, 0.15) is 19.3 Å². The van der Waals surface area contributed by atoms with Gasteiger partial charge in [0.25, 0.3) is 0 Å². The Balaban J connectivity index is 1.85. The van der Waals surface area contributed by atoms with Crippen molar-refractivity contribution in [2.24, 2.45) is 5.73 Å². The summed E-state index contributed by atoms with van der Waals surface area (Å²) in [5, 5.41) is 2.94. The van der Waals surface area contributed by atoms with Gasteiger partial charge in [-0.25, -0.2) is 0 Å². The van der Waals surface area contributed by atoms with E-state index in [1.54, 1.807) is 0 Å². The molecule has 2 fully saturated rings. The molecule has 0 bridgehead atoms. The molecule has 2 aliphatic rings. The molecule has 5 nitrogen and oxygen atoms in total. The zero-order valence-corrected chi connectivity index (χ0v) is 10.1. The highest BCUT2D eigenvalue weighted by Gasteiger charge is 2.39. The van der Waals surface area contributed by atoms with Crippen molar-refractivity contribution in [2.75, 3.05) is 24.7 Å². The molecule has 1 atom stereocenters. The fourth-order valence-corrected chi connectivity index (χ4v) is 3.33. The summed E-state index contributed by atoms with van der Waals surface area (Å²) in [7, 11) is -0.695. The maximum atomic E-state index is 11.9. The predicted octanol–water partition coefficient (Wildman–Crippen LogP) is -0.868. The molecule has 0 aromatic carbocycles. The van der Waals surface area contributed by atoms with Crippen molar-refractivity contribution in [3.05, 3.63) is 0 Å². The van der Waals surface area contributed by atoms with E-state index in [2.05, 4.69) is 5.32 Å². The Labute approximate surface area is 97.6 Å². The predicted molar refractivity (Wildman–Crippen MR) is 61.4 cm³/mol. The summed E-state index contributed by atoms with van der Waals surface area (Å²) < 4.78 is 16.3. The van der Waals surface area contributed by atoms with Crippen LogP contribution in [0.15, 0.2) is 0 Å². The zero-order valence-electron chi connectivity index (χ0n) is 9.24. The molecule has 0 aliphatic carbocycles. The molecule has 2 rings (SSSR count). The van der Waals surface area contributed by atoms with Crippen molar-refractivity contribution in [3.8, 4) is 0 Å². The van der Waals surface area contributed by atoms with Crippen molar-refractivity contribution < 1.29 is 13.7 Å². The molecule has 1 unspecified atom stereocenters. The topological polar surface area (TPSA) is 81.4 Å². The Morgan fingerprint density at radius 3 is 2.69 bits per heavy atom. The van der Waals surface area contributed by atoms with Crippen molar-refractivity contribution in [1.29, 1.82) is 0 Å². The van der Waals surface area contributed by atoms with Gasteiger partial charge in [0.2, 0.25) is 5.91 Å². The van der Waals surface area contributed by atoms with Crippen LogP contribution in [0.2, 0.25) is 0 Å². The van der Waals surface area contributed by atoms with Gasteiger partial charge in [0.05, 0.1) is 6.61 Å². The summed E-state index contributed by atoms with van der Waals surface area (Å²) in [6, 6.07) is 0.131. The first-order valence-corrected chi connectivity index (χ1v) is 7.11. The van der Waals surface area contributed by atoms with Gasteiger partial charge in [-0.2, -0.15) is 0 Å². The summed E-state index contributed by atoms with van der Waals surface area (Å²) in [5.41, 5.74) is 5.10. The third kappa shape index (κ3) is 2.61. The largest absolute Gasteiger partial charge is 0.379 e. The Hall–Kier alpha value is -0.460. The van der Waals surface area contributed by atoms with Crippen molar-refractivity contribution in [1.82, 2.24) is 5.32 Å². The summed E-state index contributed by atoms with van der Waals surface area (Å²) in [6.45, 7) is 0.857. The normalized spacial score (nSPS) is 39.6. The molecule has 2 heterocycles. The first kappa shape index (κ1) is 12.0. The minimum absolute atomic E-state index is 0.123. The van der Waals surface area contributed by atoms with Crippen LogP contribution in [-0.4, -0.2) is 46.4 Å². The average molecular weight is 246 g/mol. The summed E-state index contributed by atoms with van der Waals surface area (Å²) in [4.78, 5) is 11.9. The number of ether oxygens (including phenoxy) is 1. The van der Waals surface area contributed by atoms with Gasteiger partial charge in [-0.1, -0.05) is 0 Å². The lowest BCUT2D eigenvalue weighted by atomic mass is 9.98. The number of rotatable bonds is 2. The second-order valence-corrected chi connectivity index (χ2v) is 6.25. The zero-order chi connectivity index (χ0) is 11.6. The standard InChI is InChI=1S/C10H18N2O3S/c11-10(3-4-15-7-10)9(13)12-8-1-5-16(14)6-2-8/h8H,1-7,11H2,(H,12,13). The highest BCUT2D eigenvalue weighted by atomic mass is 32.2. The van der Waals surface area contributed by atoms with E-state index in [9.17, 15) is 9.00 Å². The number of hydrogen-bond donors (Lipinski definition) is 2. The lowest BCUT2D eigenvalue weighted by Crippen LogP contribution is -2.57. The van der Waals surface area contributed by atoms with E-state index in [1.165, 1.54) is 0 Å². The maximum absolute atomic E-state index is 11.9. The third-order valence-electron chi connectivity index (χ3n) is 3.23. The van der Waals surface area contributed by atoms with Gasteiger partial charge in [0.15, 0.2) is 0 Å². The van der Waals surface area contributed by atoms with Crippen LogP contribution in [0.5, 0.6) is 0 Å². The summed E-state index contributed by atoms with van der Waals surface area (Å²) >= 11 is 0. The van der Waals surface area contributed by atoms with E-state index in [0.717, 1.165) is 12.8 Å². The Morgan fingerprint density at radius 1 is 1.44 bits per heavy atom. The smallest absolute Gasteiger partial charge is 0.242 e. The fourth-order valence-electron chi connectivity index (χ4n) is 2.03. The van der Waals surface area contributed by atoms with Gasteiger partial charge < -0.3 is 15.8 Å². The summed E-state index contributed by atoms with van der Waals surface area (Å²) in [5.74, 6) is 1.24. The van der Waals surface area contributed by atoms with E-state index < -0.39 is 16.3 Å². The van der Waals surface area contributed by atoms with Crippen LogP contribution in [0.4, 0.5) is 0 Å². The van der Waals surface area contributed by atoms with Gasteiger partial charge >= 0.3 is 0 Å². The molecule has 0 spiro atoms. The highest BCUT2D eigenvalue weighted by Crippen LogP contribution is 2.17. The van der Waals surface area contributed by atoms with Crippen LogP contribution in [0, 0.1) is 0 Å². The maximum Gasteiger partial charge on any atom is 0.242 e. The number of nitrogens with two attached hydrogens (primary N) is 1. The Morgan fingerprint density at radius 2 is 2.12 bits per heavy atom. The number of nitrogens with one attached hydrogen (secondary N) is 1. The fraction of sp³-hybridized carbons (Fsp3) is 0.900. The van der Waals surface area contributed by atoms with Gasteiger partial charge in [0, 0.05) is 35.0 Å². The van der Waals surface area contributed by atoms with Crippen LogP contribution in [0.3, 0.4) is 0 Å². The van der Waals surface area contributed by atoms with Crippen LogP contribution < -0.4 is 11.1 Å². The molecule has 0 aromatic rings. The van der Waals surface area contributed by atoms with E-state index in [0.29, 0.717) is 31.1 Å². The van der Waals surface area contributed by atoms with Gasteiger partial charge in [-0.15, -0.1) is 0 Å². The third-order valence-corrected chi connectivity index (χ3v) is 4.61. The second-order valence-electron chi connectivity index (χ2n) is 4.55. The minimum Gasteiger partial charge on any atom is -0.379 e. The molecule has 0 saturated carbocycles. The number of amides is 1. The molecular weight excluding hydrogens is 228 g/mol. The molecule has 2 saturated heterocycles. The van der Waals surface area contributed by atoms with Crippen LogP contribution in [0.25, 0.3) is 0 Å². The van der Waals surface area contributed by atoms with Gasteiger partial charge in [-0.05, 0) is 19.3 Å². The van der Waals surface area contributed by atoms with E-state index in [-0.39, 0.29) is 11.9 Å². The number of carbonyl (C=O) groups is 1. The molecule has 92 valence electrons. The Bertz CT molecular complexity index is 292. The molecule has 16 heavy (non-hydrogen) atoms. The molecule has 6 heteroatoms. The summed E-state index contributed by atoms with van der Waals surface area (Å²) in [6.07, 6.45) is 2.15. The monoisotopic (exact) mass is 246 g/mol.